The van der Waals surface area contributed by atoms with Gasteiger partial charge in [-0.25, -0.2) is 0 Å². The summed E-state index contributed by atoms with van der Waals surface area (Å²) >= 11 is 0. The third kappa shape index (κ3) is 1.37. The van der Waals surface area contributed by atoms with Crippen LogP contribution in [-0.4, -0.2) is 6.10 Å². The Bertz CT molecular complexity index is 317. The molecule has 0 saturated carbocycles. The maximum Gasteiger partial charge on any atom is 0.0723 e. The third-order valence-corrected chi connectivity index (χ3v) is 3.08. The lowest BCUT2D eigenvalue weighted by molar-refractivity contribution is 0.0239. The second kappa shape index (κ2) is 3.15. The van der Waals surface area contributed by atoms with Crippen LogP contribution in [-0.2, 0) is 11.3 Å². The monoisotopic (exact) mass is 176 g/mol. The van der Waals surface area contributed by atoms with Gasteiger partial charge in [-0.2, -0.15) is 0 Å². The van der Waals surface area contributed by atoms with Gasteiger partial charge >= 0.3 is 0 Å². The van der Waals surface area contributed by atoms with Gasteiger partial charge in [-0.15, -0.1) is 0 Å². The summed E-state index contributed by atoms with van der Waals surface area (Å²) in [7, 11) is 0. The van der Waals surface area contributed by atoms with Crippen molar-refractivity contribution in [3.8, 4) is 0 Å². The lowest BCUT2D eigenvalue weighted by atomic mass is 9.86. The van der Waals surface area contributed by atoms with E-state index >= 15 is 0 Å². The Labute approximate surface area is 79.7 Å². The van der Waals surface area contributed by atoms with E-state index in [1.54, 1.807) is 0 Å². The first-order valence-corrected chi connectivity index (χ1v) is 4.90. The molecule has 1 aliphatic rings. The molecule has 2 rings (SSSR count). The molecule has 70 valence electrons. The molecule has 13 heavy (non-hydrogen) atoms. The van der Waals surface area contributed by atoms with E-state index < -0.39 is 0 Å². The average Bonchev–Trinajstić information content (AvgIpc) is 2.12. The molecule has 0 N–H and O–H groups in total. The van der Waals surface area contributed by atoms with Crippen LogP contribution in [0.2, 0.25) is 0 Å². The van der Waals surface area contributed by atoms with E-state index in [9.17, 15) is 0 Å². The van der Waals surface area contributed by atoms with Gasteiger partial charge in [0, 0.05) is 5.92 Å². The maximum absolute atomic E-state index is 5.67. The van der Waals surface area contributed by atoms with E-state index in [1.165, 1.54) is 16.7 Å². The highest BCUT2D eigenvalue weighted by atomic mass is 16.5. The number of aryl methyl sites for hydroxylation is 1. The fourth-order valence-corrected chi connectivity index (χ4v) is 2.12. The third-order valence-electron chi connectivity index (χ3n) is 3.08. The van der Waals surface area contributed by atoms with Crippen molar-refractivity contribution in [1.82, 2.24) is 0 Å². The summed E-state index contributed by atoms with van der Waals surface area (Å²) in [6.07, 6.45) is 0.355. The topological polar surface area (TPSA) is 9.23 Å². The average molecular weight is 176 g/mol. The van der Waals surface area contributed by atoms with E-state index in [2.05, 4.69) is 39.0 Å². The highest BCUT2D eigenvalue weighted by Gasteiger charge is 2.24. The van der Waals surface area contributed by atoms with E-state index in [4.69, 9.17) is 4.74 Å². The minimum Gasteiger partial charge on any atom is -0.373 e. The number of benzene rings is 1. The molecule has 0 bridgehead atoms. The molecular formula is C12H16O. The lowest BCUT2D eigenvalue weighted by Crippen LogP contribution is -2.24. The highest BCUT2D eigenvalue weighted by Crippen LogP contribution is 2.32. The Morgan fingerprint density at radius 2 is 2.08 bits per heavy atom. The standard InChI is InChI=1S/C12H16O/c1-8-5-4-6-11-7-13-10(3)9(2)12(8)11/h4-6,9-10H,7H2,1-3H3/t9-,10+/m1/s1. The zero-order valence-corrected chi connectivity index (χ0v) is 8.50. The van der Waals surface area contributed by atoms with Crippen molar-refractivity contribution in [2.24, 2.45) is 0 Å². The lowest BCUT2D eigenvalue weighted by Gasteiger charge is -2.30. The quantitative estimate of drug-likeness (QED) is 0.590. The van der Waals surface area contributed by atoms with Crippen molar-refractivity contribution in [1.29, 1.82) is 0 Å². The van der Waals surface area contributed by atoms with Gasteiger partial charge in [0.25, 0.3) is 0 Å². The van der Waals surface area contributed by atoms with Crippen LogP contribution in [0.4, 0.5) is 0 Å². The molecule has 1 heterocycles. The zero-order chi connectivity index (χ0) is 9.42. The first-order chi connectivity index (χ1) is 6.20. The molecule has 0 aliphatic carbocycles. The first kappa shape index (κ1) is 8.76. The fraction of sp³-hybridized carbons (Fsp3) is 0.500. The summed E-state index contributed by atoms with van der Waals surface area (Å²) in [5.74, 6) is 0.532. The summed E-state index contributed by atoms with van der Waals surface area (Å²) in [5.41, 5.74) is 4.27. The van der Waals surface area contributed by atoms with Crippen molar-refractivity contribution in [2.45, 2.75) is 39.4 Å². The van der Waals surface area contributed by atoms with E-state index in [0.29, 0.717) is 12.0 Å². The Kier molecular flexibility index (Phi) is 2.12. The Morgan fingerprint density at radius 1 is 1.31 bits per heavy atom. The molecule has 0 saturated heterocycles. The van der Waals surface area contributed by atoms with Crippen molar-refractivity contribution in [3.63, 3.8) is 0 Å². The first-order valence-electron chi connectivity index (χ1n) is 4.90. The molecule has 0 unspecified atom stereocenters. The van der Waals surface area contributed by atoms with Crippen LogP contribution >= 0.6 is 0 Å². The highest BCUT2D eigenvalue weighted by molar-refractivity contribution is 5.38. The Balaban J connectivity index is 2.51. The van der Waals surface area contributed by atoms with Gasteiger partial charge in [0.15, 0.2) is 0 Å². The molecule has 1 heteroatoms. The Morgan fingerprint density at radius 3 is 2.85 bits per heavy atom. The molecule has 1 aromatic rings. The van der Waals surface area contributed by atoms with Crippen molar-refractivity contribution < 1.29 is 4.74 Å². The van der Waals surface area contributed by atoms with Gasteiger partial charge in [-0.3, -0.25) is 0 Å². The van der Waals surface area contributed by atoms with Crippen molar-refractivity contribution in [3.05, 3.63) is 34.9 Å². The molecule has 1 aromatic carbocycles. The van der Waals surface area contributed by atoms with Crippen LogP contribution in [0.5, 0.6) is 0 Å². The molecule has 0 amide bonds. The smallest absolute Gasteiger partial charge is 0.0723 e. The van der Waals surface area contributed by atoms with Crippen molar-refractivity contribution in [2.75, 3.05) is 0 Å². The number of hydrogen-bond acceptors (Lipinski definition) is 1. The van der Waals surface area contributed by atoms with Crippen LogP contribution in [0.3, 0.4) is 0 Å². The van der Waals surface area contributed by atoms with Crippen LogP contribution in [0.1, 0.15) is 36.5 Å². The van der Waals surface area contributed by atoms with Gasteiger partial charge in [0.2, 0.25) is 0 Å². The predicted molar refractivity (Wildman–Crippen MR) is 53.8 cm³/mol. The molecule has 0 radical (unpaired) electrons. The minimum absolute atomic E-state index is 0.355. The number of fused-ring (bicyclic) bond motifs is 1. The van der Waals surface area contributed by atoms with E-state index in [-0.39, 0.29) is 0 Å². The van der Waals surface area contributed by atoms with E-state index in [0.717, 1.165) is 6.61 Å². The number of rotatable bonds is 0. The summed E-state index contributed by atoms with van der Waals surface area (Å²) in [4.78, 5) is 0. The molecule has 0 spiro atoms. The van der Waals surface area contributed by atoms with Gasteiger partial charge in [-0.1, -0.05) is 25.1 Å². The summed E-state index contributed by atoms with van der Waals surface area (Å²) in [5, 5.41) is 0. The van der Waals surface area contributed by atoms with Crippen LogP contribution in [0.25, 0.3) is 0 Å². The molecule has 0 aromatic heterocycles. The summed E-state index contributed by atoms with van der Waals surface area (Å²) in [6.45, 7) is 7.37. The van der Waals surface area contributed by atoms with Crippen LogP contribution in [0.15, 0.2) is 18.2 Å². The van der Waals surface area contributed by atoms with Crippen LogP contribution in [0, 0.1) is 6.92 Å². The number of hydrogen-bond donors (Lipinski definition) is 0. The van der Waals surface area contributed by atoms with E-state index in [1.807, 2.05) is 0 Å². The van der Waals surface area contributed by atoms with Gasteiger partial charge in [0.1, 0.15) is 0 Å². The SMILES string of the molecule is Cc1cccc2c1[C@H](C)[C@H](C)OC2. The fourth-order valence-electron chi connectivity index (χ4n) is 2.12. The van der Waals surface area contributed by atoms with Gasteiger partial charge in [0.05, 0.1) is 12.7 Å². The molecule has 1 nitrogen and oxygen atoms in total. The second-order valence-corrected chi connectivity index (χ2v) is 3.95. The summed E-state index contributed by atoms with van der Waals surface area (Å²) < 4.78 is 5.67. The molecule has 0 fully saturated rings. The molecule has 2 atom stereocenters. The number of ether oxygens (including phenoxy) is 1. The van der Waals surface area contributed by atoms with Crippen molar-refractivity contribution >= 4 is 0 Å². The predicted octanol–water partition coefficient (Wildman–Crippen LogP) is 3.02. The largest absolute Gasteiger partial charge is 0.373 e. The molecular weight excluding hydrogens is 160 g/mol. The van der Waals surface area contributed by atoms with Gasteiger partial charge < -0.3 is 4.74 Å². The zero-order valence-electron chi connectivity index (χ0n) is 8.50. The second-order valence-electron chi connectivity index (χ2n) is 3.95. The van der Waals surface area contributed by atoms with Gasteiger partial charge in [-0.05, 0) is 30.5 Å². The molecule has 1 aliphatic heterocycles. The summed E-state index contributed by atoms with van der Waals surface area (Å²) in [6, 6.07) is 6.47. The maximum atomic E-state index is 5.67. The van der Waals surface area contributed by atoms with Crippen LogP contribution < -0.4 is 0 Å². The Hall–Kier alpha value is -0.820. The normalized spacial score (nSPS) is 27.0. The minimum atomic E-state index is 0.355.